The topological polar surface area (TPSA) is 25.2 Å². The Hall–Kier alpha value is -1.33. The SMILES string of the molecule is C=C=C=Nc1ncc(C)cc1Cl. The second-order valence-electron chi connectivity index (χ2n) is 2.22. The Morgan fingerprint density at radius 1 is 1.67 bits per heavy atom. The molecule has 3 heteroatoms. The number of hydrogen-bond donors (Lipinski definition) is 0. The minimum absolute atomic E-state index is 0.443. The van der Waals surface area contributed by atoms with Gasteiger partial charge in [-0.15, -0.1) is 0 Å². The van der Waals surface area contributed by atoms with Crippen LogP contribution in [0.15, 0.2) is 29.6 Å². The van der Waals surface area contributed by atoms with Crippen LogP contribution in [0.2, 0.25) is 5.02 Å². The van der Waals surface area contributed by atoms with Gasteiger partial charge in [-0.1, -0.05) is 17.3 Å². The van der Waals surface area contributed by atoms with Gasteiger partial charge in [-0.3, -0.25) is 0 Å². The largest absolute Gasteiger partial charge is 0.235 e. The lowest BCUT2D eigenvalue weighted by Gasteiger charge is -1.95. The van der Waals surface area contributed by atoms with E-state index in [1.807, 2.05) is 6.92 Å². The second-order valence-corrected chi connectivity index (χ2v) is 2.63. The zero-order chi connectivity index (χ0) is 8.97. The highest BCUT2D eigenvalue weighted by Gasteiger charge is 1.97. The molecule has 1 aromatic heterocycles. The fraction of sp³-hybridized carbons (Fsp3) is 0.111. The normalized spacial score (nSPS) is 8.50. The Morgan fingerprint density at radius 2 is 2.42 bits per heavy atom. The van der Waals surface area contributed by atoms with E-state index in [1.165, 1.54) is 0 Å². The van der Waals surface area contributed by atoms with Crippen molar-refractivity contribution in [3.8, 4) is 0 Å². The van der Waals surface area contributed by atoms with Gasteiger partial charge in [0.25, 0.3) is 0 Å². The van der Waals surface area contributed by atoms with Crippen LogP contribution in [-0.2, 0) is 0 Å². The van der Waals surface area contributed by atoms with Gasteiger partial charge in [-0.2, -0.15) is 4.99 Å². The summed E-state index contributed by atoms with van der Waals surface area (Å²) < 4.78 is 0. The molecule has 0 N–H and O–H groups in total. The first-order valence-corrected chi connectivity index (χ1v) is 3.72. The van der Waals surface area contributed by atoms with E-state index < -0.39 is 0 Å². The predicted molar refractivity (Wildman–Crippen MR) is 50.2 cm³/mol. The number of hydrogen-bond acceptors (Lipinski definition) is 2. The Balaban J connectivity index is 3.18. The number of rotatable bonds is 1. The lowest BCUT2D eigenvalue weighted by Crippen LogP contribution is -1.78. The van der Waals surface area contributed by atoms with Crippen molar-refractivity contribution in [1.82, 2.24) is 4.98 Å². The first-order chi connectivity index (χ1) is 5.74. The van der Waals surface area contributed by atoms with Gasteiger partial charge >= 0.3 is 0 Å². The summed E-state index contributed by atoms with van der Waals surface area (Å²) in [5, 5.41) is 0.512. The lowest BCUT2D eigenvalue weighted by atomic mass is 10.3. The van der Waals surface area contributed by atoms with Crippen molar-refractivity contribution in [2.75, 3.05) is 0 Å². The van der Waals surface area contributed by atoms with E-state index in [9.17, 15) is 0 Å². The minimum Gasteiger partial charge on any atom is -0.235 e. The molecule has 0 atom stereocenters. The summed E-state index contributed by atoms with van der Waals surface area (Å²) >= 11 is 5.82. The molecule has 0 bridgehead atoms. The molecule has 12 heavy (non-hydrogen) atoms. The van der Waals surface area contributed by atoms with Gasteiger partial charge in [0.15, 0.2) is 5.82 Å². The van der Waals surface area contributed by atoms with Gasteiger partial charge in [0.05, 0.1) is 5.02 Å². The molecule has 0 radical (unpaired) electrons. The van der Waals surface area contributed by atoms with E-state index >= 15 is 0 Å². The Labute approximate surface area is 75.9 Å². The van der Waals surface area contributed by atoms with Crippen LogP contribution in [0.1, 0.15) is 5.56 Å². The maximum Gasteiger partial charge on any atom is 0.181 e. The molecule has 0 aliphatic heterocycles. The van der Waals surface area contributed by atoms with Crippen LogP contribution in [0, 0.1) is 6.92 Å². The van der Waals surface area contributed by atoms with Crippen LogP contribution in [0.25, 0.3) is 0 Å². The van der Waals surface area contributed by atoms with Crippen LogP contribution >= 0.6 is 11.6 Å². The fourth-order valence-electron chi connectivity index (χ4n) is 0.701. The highest BCUT2D eigenvalue weighted by Crippen LogP contribution is 2.21. The molecule has 0 amide bonds. The zero-order valence-corrected chi connectivity index (χ0v) is 7.39. The molecule has 1 rings (SSSR count). The molecule has 1 heterocycles. The summed E-state index contributed by atoms with van der Waals surface area (Å²) in [4.78, 5) is 7.79. The Bertz CT molecular complexity index is 372. The molecule has 0 aromatic carbocycles. The maximum atomic E-state index is 5.82. The van der Waals surface area contributed by atoms with Crippen LogP contribution in [0.3, 0.4) is 0 Å². The van der Waals surface area contributed by atoms with E-state index in [4.69, 9.17) is 11.6 Å². The van der Waals surface area contributed by atoms with E-state index in [2.05, 4.69) is 28.2 Å². The van der Waals surface area contributed by atoms with E-state index in [0.717, 1.165) is 5.56 Å². The number of halogens is 1. The van der Waals surface area contributed by atoms with E-state index in [-0.39, 0.29) is 0 Å². The Kier molecular flexibility index (Phi) is 2.84. The van der Waals surface area contributed by atoms with Crippen LogP contribution in [-0.4, -0.2) is 10.9 Å². The van der Waals surface area contributed by atoms with E-state index in [1.54, 1.807) is 12.3 Å². The molecule has 2 nitrogen and oxygen atoms in total. The second kappa shape index (κ2) is 3.89. The van der Waals surface area contributed by atoms with Gasteiger partial charge in [0.2, 0.25) is 0 Å². The van der Waals surface area contributed by atoms with E-state index in [0.29, 0.717) is 10.8 Å². The molecule has 0 saturated carbocycles. The average Bonchev–Trinajstić information content (AvgIpc) is 2.03. The van der Waals surface area contributed by atoms with Crippen molar-refractivity contribution >= 4 is 23.3 Å². The molecule has 0 saturated heterocycles. The van der Waals surface area contributed by atoms with Gasteiger partial charge < -0.3 is 0 Å². The van der Waals surface area contributed by atoms with Gasteiger partial charge in [0.1, 0.15) is 0 Å². The molecule has 0 unspecified atom stereocenters. The van der Waals surface area contributed by atoms with Crippen molar-refractivity contribution in [3.63, 3.8) is 0 Å². The summed E-state index contributed by atoms with van der Waals surface area (Å²) in [6.45, 7) is 5.23. The molecule has 0 aliphatic carbocycles. The molecule has 0 spiro atoms. The van der Waals surface area contributed by atoms with Crippen molar-refractivity contribution in [2.24, 2.45) is 4.99 Å². The predicted octanol–water partition coefficient (Wildman–Crippen LogP) is 2.69. The van der Waals surface area contributed by atoms with Crippen LogP contribution in [0.4, 0.5) is 5.82 Å². The quantitative estimate of drug-likeness (QED) is 0.480. The summed E-state index contributed by atoms with van der Waals surface area (Å²) in [5.74, 6) is 2.88. The average molecular weight is 179 g/mol. The molecular formula is C9H7ClN2. The number of aromatic nitrogens is 1. The standard InChI is InChI=1S/C9H7ClN2/c1-3-4-11-9-8(10)5-7(2)6-12-9/h5-6H,1H2,2H3. The first kappa shape index (κ1) is 8.76. The highest BCUT2D eigenvalue weighted by atomic mass is 35.5. The lowest BCUT2D eigenvalue weighted by molar-refractivity contribution is 1.24. The summed E-state index contributed by atoms with van der Waals surface area (Å²) in [5.41, 5.74) is 3.39. The molecule has 60 valence electrons. The monoisotopic (exact) mass is 178 g/mol. The highest BCUT2D eigenvalue weighted by molar-refractivity contribution is 6.32. The fourth-order valence-corrected chi connectivity index (χ4v) is 0.964. The number of nitrogens with zero attached hydrogens (tertiary/aromatic N) is 2. The van der Waals surface area contributed by atoms with Gasteiger partial charge in [-0.05, 0) is 25.1 Å². The third-order valence-electron chi connectivity index (χ3n) is 1.20. The minimum atomic E-state index is 0.443. The molecule has 0 aliphatic rings. The summed E-state index contributed by atoms with van der Waals surface area (Å²) in [6, 6.07) is 1.79. The maximum absolute atomic E-state index is 5.82. The number of aryl methyl sites for hydroxylation is 1. The third-order valence-corrected chi connectivity index (χ3v) is 1.48. The zero-order valence-electron chi connectivity index (χ0n) is 6.63. The summed E-state index contributed by atoms with van der Waals surface area (Å²) in [7, 11) is 0. The molecule has 0 fully saturated rings. The number of pyridine rings is 1. The van der Waals surface area contributed by atoms with Crippen LogP contribution < -0.4 is 0 Å². The Morgan fingerprint density at radius 3 is 3.00 bits per heavy atom. The first-order valence-electron chi connectivity index (χ1n) is 3.34. The van der Waals surface area contributed by atoms with Crippen molar-refractivity contribution in [2.45, 2.75) is 6.92 Å². The van der Waals surface area contributed by atoms with Crippen LogP contribution in [0.5, 0.6) is 0 Å². The number of aliphatic imine (C=N–C) groups is 1. The van der Waals surface area contributed by atoms with Crippen molar-refractivity contribution in [1.29, 1.82) is 0 Å². The molecular weight excluding hydrogens is 172 g/mol. The summed E-state index contributed by atoms with van der Waals surface area (Å²) in [6.07, 6.45) is 1.69. The van der Waals surface area contributed by atoms with Crippen molar-refractivity contribution < 1.29 is 0 Å². The third kappa shape index (κ3) is 2.08. The van der Waals surface area contributed by atoms with Crippen molar-refractivity contribution in [3.05, 3.63) is 35.2 Å². The van der Waals surface area contributed by atoms with Gasteiger partial charge in [0, 0.05) is 12.1 Å². The smallest absolute Gasteiger partial charge is 0.181 e. The van der Waals surface area contributed by atoms with Gasteiger partial charge in [-0.25, -0.2) is 4.98 Å². The molecule has 1 aromatic rings.